The predicted octanol–water partition coefficient (Wildman–Crippen LogP) is 4.56. The van der Waals surface area contributed by atoms with Gasteiger partial charge in [-0.1, -0.05) is 74.5 Å². The zero-order chi connectivity index (χ0) is 16.8. The van der Waals surface area contributed by atoms with Crippen LogP contribution in [0.2, 0.25) is 0 Å². The van der Waals surface area contributed by atoms with Crippen LogP contribution in [-0.4, -0.2) is 35.0 Å². The minimum Gasteiger partial charge on any atom is -0.296 e. The van der Waals surface area contributed by atoms with Crippen LogP contribution in [0.25, 0.3) is 0 Å². The molecule has 0 spiro atoms. The summed E-state index contributed by atoms with van der Waals surface area (Å²) < 4.78 is 0. The van der Waals surface area contributed by atoms with E-state index in [0.717, 1.165) is 26.2 Å². The fourth-order valence-corrected chi connectivity index (χ4v) is 4.04. The second kappa shape index (κ2) is 7.96. The first-order valence-corrected chi connectivity index (χ1v) is 9.31. The highest BCUT2D eigenvalue weighted by atomic mass is 15.3. The van der Waals surface area contributed by atoms with E-state index in [4.69, 9.17) is 0 Å². The van der Waals surface area contributed by atoms with E-state index in [9.17, 15) is 0 Å². The maximum absolute atomic E-state index is 2.73. The summed E-state index contributed by atoms with van der Waals surface area (Å²) in [5, 5.41) is 0. The molecule has 3 rings (SSSR count). The highest BCUT2D eigenvalue weighted by Gasteiger charge is 2.38. The predicted molar refractivity (Wildman–Crippen MR) is 102 cm³/mol. The Morgan fingerprint density at radius 1 is 0.750 bits per heavy atom. The van der Waals surface area contributed by atoms with E-state index in [1.165, 1.54) is 30.5 Å². The lowest BCUT2D eigenvalue weighted by Gasteiger charge is -2.51. The van der Waals surface area contributed by atoms with Gasteiger partial charge in [-0.15, -0.1) is 0 Å². The molecule has 0 aliphatic carbocycles. The number of nitrogens with zero attached hydrogens (tertiary/aromatic N) is 2. The Balaban J connectivity index is 1.71. The Morgan fingerprint density at radius 2 is 1.29 bits per heavy atom. The quantitative estimate of drug-likeness (QED) is 0.769. The Labute approximate surface area is 147 Å². The first kappa shape index (κ1) is 17.2. The van der Waals surface area contributed by atoms with Gasteiger partial charge < -0.3 is 0 Å². The van der Waals surface area contributed by atoms with Crippen molar-refractivity contribution in [2.24, 2.45) is 0 Å². The van der Waals surface area contributed by atoms with Gasteiger partial charge in [-0.2, -0.15) is 0 Å². The highest BCUT2D eigenvalue weighted by Crippen LogP contribution is 2.31. The van der Waals surface area contributed by atoms with Crippen molar-refractivity contribution in [3.8, 4) is 0 Å². The molecule has 1 aliphatic heterocycles. The summed E-state index contributed by atoms with van der Waals surface area (Å²) >= 11 is 0. The fraction of sp³-hybridized carbons (Fsp3) is 0.455. The standard InChI is InChI=1S/C22H30N2/c1-3-22(4-2)19-23(17-20-11-7-5-8-12-20)15-16-24(22)18-21-13-9-6-10-14-21/h5-14H,3-4,15-19H2,1-2H3. The van der Waals surface area contributed by atoms with Gasteiger partial charge in [0.1, 0.15) is 0 Å². The van der Waals surface area contributed by atoms with Crippen molar-refractivity contribution in [1.82, 2.24) is 9.80 Å². The van der Waals surface area contributed by atoms with Crippen molar-refractivity contribution in [3.05, 3.63) is 71.8 Å². The minimum absolute atomic E-state index is 0.295. The van der Waals surface area contributed by atoms with E-state index in [0.29, 0.717) is 5.54 Å². The van der Waals surface area contributed by atoms with Crippen molar-refractivity contribution in [1.29, 1.82) is 0 Å². The number of hydrogen-bond acceptors (Lipinski definition) is 2. The van der Waals surface area contributed by atoms with Gasteiger partial charge in [-0.25, -0.2) is 0 Å². The molecule has 1 fully saturated rings. The summed E-state index contributed by atoms with van der Waals surface area (Å²) in [6.07, 6.45) is 2.42. The van der Waals surface area contributed by atoms with Crippen LogP contribution in [0.15, 0.2) is 60.7 Å². The number of hydrogen-bond donors (Lipinski definition) is 0. The normalized spacial score (nSPS) is 18.6. The SMILES string of the molecule is CCC1(CC)CN(Cc2ccccc2)CCN1Cc1ccccc1. The van der Waals surface area contributed by atoms with E-state index in [1.807, 2.05) is 0 Å². The van der Waals surface area contributed by atoms with Crippen LogP contribution in [0.4, 0.5) is 0 Å². The smallest absolute Gasteiger partial charge is 0.0335 e. The molecule has 0 unspecified atom stereocenters. The number of piperazine rings is 1. The third kappa shape index (κ3) is 3.88. The monoisotopic (exact) mass is 322 g/mol. The molecular weight excluding hydrogens is 292 g/mol. The molecule has 128 valence electrons. The van der Waals surface area contributed by atoms with Crippen LogP contribution in [0.5, 0.6) is 0 Å². The lowest BCUT2D eigenvalue weighted by atomic mass is 9.87. The molecule has 2 nitrogen and oxygen atoms in total. The van der Waals surface area contributed by atoms with E-state index in [2.05, 4.69) is 84.3 Å². The van der Waals surface area contributed by atoms with Crippen LogP contribution < -0.4 is 0 Å². The van der Waals surface area contributed by atoms with Crippen molar-refractivity contribution < 1.29 is 0 Å². The van der Waals surface area contributed by atoms with Crippen LogP contribution in [-0.2, 0) is 13.1 Å². The van der Waals surface area contributed by atoms with E-state index in [1.54, 1.807) is 0 Å². The Bertz CT molecular complexity index is 604. The maximum Gasteiger partial charge on any atom is 0.0335 e. The van der Waals surface area contributed by atoms with Crippen LogP contribution in [0.1, 0.15) is 37.8 Å². The molecule has 0 N–H and O–H groups in total. The summed E-state index contributed by atoms with van der Waals surface area (Å²) in [7, 11) is 0. The van der Waals surface area contributed by atoms with Gasteiger partial charge in [0.05, 0.1) is 0 Å². The van der Waals surface area contributed by atoms with Crippen LogP contribution >= 0.6 is 0 Å². The molecule has 0 aromatic heterocycles. The number of rotatable bonds is 6. The molecule has 1 saturated heterocycles. The third-order valence-electron chi connectivity index (χ3n) is 5.66. The van der Waals surface area contributed by atoms with Gasteiger partial charge in [-0.05, 0) is 24.0 Å². The molecule has 0 saturated carbocycles. The van der Waals surface area contributed by atoms with E-state index < -0.39 is 0 Å². The lowest BCUT2D eigenvalue weighted by Crippen LogP contribution is -2.61. The highest BCUT2D eigenvalue weighted by molar-refractivity contribution is 5.17. The minimum atomic E-state index is 0.295. The Hall–Kier alpha value is -1.64. The van der Waals surface area contributed by atoms with Gasteiger partial charge in [0, 0.05) is 38.3 Å². The van der Waals surface area contributed by atoms with Gasteiger partial charge in [0.15, 0.2) is 0 Å². The van der Waals surface area contributed by atoms with Gasteiger partial charge >= 0.3 is 0 Å². The Morgan fingerprint density at radius 3 is 1.83 bits per heavy atom. The molecule has 2 aromatic carbocycles. The summed E-state index contributed by atoms with van der Waals surface area (Å²) in [6, 6.07) is 21.8. The topological polar surface area (TPSA) is 6.48 Å². The molecule has 0 radical (unpaired) electrons. The molecule has 2 aromatic rings. The van der Waals surface area contributed by atoms with Gasteiger partial charge in [0.25, 0.3) is 0 Å². The summed E-state index contributed by atoms with van der Waals surface area (Å²) in [5.74, 6) is 0. The van der Waals surface area contributed by atoms with Crippen molar-refractivity contribution >= 4 is 0 Å². The molecule has 2 heteroatoms. The van der Waals surface area contributed by atoms with Crippen molar-refractivity contribution in [2.45, 2.75) is 45.3 Å². The molecule has 1 aliphatic rings. The number of benzene rings is 2. The second-order valence-electron chi connectivity index (χ2n) is 7.03. The third-order valence-corrected chi connectivity index (χ3v) is 5.66. The Kier molecular flexibility index (Phi) is 5.70. The molecule has 24 heavy (non-hydrogen) atoms. The zero-order valence-electron chi connectivity index (χ0n) is 15.1. The largest absolute Gasteiger partial charge is 0.296 e. The fourth-order valence-electron chi connectivity index (χ4n) is 4.04. The summed E-state index contributed by atoms with van der Waals surface area (Å²) in [4.78, 5) is 5.37. The molecule has 0 amide bonds. The van der Waals surface area contributed by atoms with Crippen LogP contribution in [0.3, 0.4) is 0 Å². The average molecular weight is 322 g/mol. The molecule has 0 atom stereocenters. The molecule has 0 bridgehead atoms. The first-order valence-electron chi connectivity index (χ1n) is 9.31. The van der Waals surface area contributed by atoms with Gasteiger partial charge in [-0.3, -0.25) is 9.80 Å². The molecular formula is C22H30N2. The summed E-state index contributed by atoms with van der Waals surface area (Å²) in [5.41, 5.74) is 3.15. The first-order chi connectivity index (χ1) is 11.8. The van der Waals surface area contributed by atoms with Gasteiger partial charge in [0.2, 0.25) is 0 Å². The lowest BCUT2D eigenvalue weighted by molar-refractivity contribution is -0.0181. The van der Waals surface area contributed by atoms with Crippen molar-refractivity contribution in [2.75, 3.05) is 19.6 Å². The van der Waals surface area contributed by atoms with Crippen molar-refractivity contribution in [3.63, 3.8) is 0 Å². The van der Waals surface area contributed by atoms with E-state index in [-0.39, 0.29) is 0 Å². The molecule has 1 heterocycles. The average Bonchev–Trinajstić information content (AvgIpc) is 2.65. The zero-order valence-corrected chi connectivity index (χ0v) is 15.1. The van der Waals surface area contributed by atoms with Crippen LogP contribution in [0, 0.1) is 0 Å². The summed E-state index contributed by atoms with van der Waals surface area (Å²) in [6.45, 7) is 10.3. The maximum atomic E-state index is 2.73. The second-order valence-corrected chi connectivity index (χ2v) is 7.03. The van der Waals surface area contributed by atoms with E-state index >= 15 is 0 Å².